The first-order valence-electron chi connectivity index (χ1n) is 14.2. The molecule has 0 bridgehead atoms. The fraction of sp³-hybridized carbons (Fsp3) is 0.294. The average molecular weight is 567 g/mol. The van der Waals surface area contributed by atoms with Gasteiger partial charge >= 0.3 is 0 Å². The fourth-order valence-corrected chi connectivity index (χ4v) is 6.41. The third-order valence-electron chi connectivity index (χ3n) is 8.60. The van der Waals surface area contributed by atoms with Crippen LogP contribution in [-0.4, -0.2) is 33.3 Å². The van der Waals surface area contributed by atoms with Crippen LogP contribution in [0.1, 0.15) is 58.3 Å². The highest BCUT2D eigenvalue weighted by Crippen LogP contribution is 2.44. The summed E-state index contributed by atoms with van der Waals surface area (Å²) in [5, 5.41) is 12.4. The molecule has 210 valence electrons. The Morgan fingerprint density at radius 2 is 1.63 bits per heavy atom. The number of hydrogen-bond donors (Lipinski definition) is 1. The van der Waals surface area contributed by atoms with E-state index in [1.807, 2.05) is 32.2 Å². The number of ether oxygens (including phenoxy) is 1. The maximum atomic E-state index is 6.43. The lowest BCUT2D eigenvalue weighted by Gasteiger charge is -2.45. The molecule has 1 aliphatic rings. The van der Waals surface area contributed by atoms with E-state index in [0.29, 0.717) is 11.6 Å². The number of nitrogens with zero attached hydrogens (tertiary/aromatic N) is 3. The lowest BCUT2D eigenvalue weighted by Crippen LogP contribution is -2.45. The van der Waals surface area contributed by atoms with Crippen molar-refractivity contribution >= 4 is 11.6 Å². The summed E-state index contributed by atoms with van der Waals surface area (Å²) in [6.45, 7) is 6.12. The first-order chi connectivity index (χ1) is 20.0. The van der Waals surface area contributed by atoms with Crippen molar-refractivity contribution in [3.8, 4) is 5.75 Å². The summed E-state index contributed by atoms with van der Waals surface area (Å²) in [4.78, 5) is 2.58. The fourth-order valence-electron chi connectivity index (χ4n) is 6.25. The molecule has 3 heterocycles. The van der Waals surface area contributed by atoms with E-state index in [-0.39, 0.29) is 11.5 Å². The van der Waals surface area contributed by atoms with Gasteiger partial charge in [-0.2, -0.15) is 5.10 Å². The molecule has 0 unspecified atom stereocenters. The highest BCUT2D eigenvalue weighted by molar-refractivity contribution is 6.30. The molecule has 1 saturated heterocycles. The average Bonchev–Trinajstić information content (AvgIpc) is 3.66. The number of rotatable bonds is 9. The van der Waals surface area contributed by atoms with Gasteiger partial charge in [-0.25, -0.2) is 0 Å². The van der Waals surface area contributed by atoms with Gasteiger partial charge in [0.2, 0.25) is 0 Å². The van der Waals surface area contributed by atoms with Crippen molar-refractivity contribution in [2.45, 2.75) is 51.2 Å². The zero-order valence-corrected chi connectivity index (χ0v) is 24.3. The smallest absolute Gasteiger partial charge is 0.140 e. The van der Waals surface area contributed by atoms with Gasteiger partial charge in [-0.3, -0.25) is 10.00 Å². The van der Waals surface area contributed by atoms with Crippen LogP contribution in [0.25, 0.3) is 0 Å². The number of H-pyrrole nitrogens is 1. The van der Waals surface area contributed by atoms with Gasteiger partial charge in [-0.15, -0.1) is 0 Å². The van der Waals surface area contributed by atoms with Crippen LogP contribution in [0.15, 0.2) is 95.6 Å². The zero-order chi connectivity index (χ0) is 28.2. The minimum Gasteiger partial charge on any atom is -0.488 e. The SMILES string of the molecule is Cc1noc(C)c1COc1cc(Cl)ccc1C[C@H](c1cc[nH]n1)N1CCC(c2ccccc2)(c2ccccc2)CC1. The summed E-state index contributed by atoms with van der Waals surface area (Å²) in [5.74, 6) is 1.55. The van der Waals surface area contributed by atoms with Crippen LogP contribution in [0.4, 0.5) is 0 Å². The van der Waals surface area contributed by atoms with Crippen molar-refractivity contribution < 1.29 is 9.26 Å². The van der Waals surface area contributed by atoms with E-state index in [0.717, 1.165) is 66.4 Å². The van der Waals surface area contributed by atoms with Gasteiger partial charge in [-0.05, 0) is 81.1 Å². The standard InChI is InChI=1S/C34H35ClN4O2/c1-24-30(25(2)41-38-24)23-40-33-22-29(35)14-13-26(33)21-32(31-15-18-36-37-31)39-19-16-34(17-20-39,27-9-5-3-6-10-27)28-11-7-4-8-12-28/h3-15,18,22,32H,16-17,19-21,23H2,1-2H3,(H,36,37)/t32-/m1/s1. The number of aromatic nitrogens is 3. The van der Waals surface area contributed by atoms with Gasteiger partial charge in [-0.1, -0.05) is 83.5 Å². The molecule has 3 aromatic carbocycles. The Balaban J connectivity index is 1.27. The van der Waals surface area contributed by atoms with Gasteiger partial charge in [0.1, 0.15) is 18.1 Å². The van der Waals surface area contributed by atoms with Gasteiger partial charge in [0.05, 0.1) is 23.0 Å². The number of benzene rings is 3. The van der Waals surface area contributed by atoms with E-state index in [4.69, 9.17) is 20.9 Å². The summed E-state index contributed by atoms with van der Waals surface area (Å²) in [7, 11) is 0. The van der Waals surface area contributed by atoms with Crippen molar-refractivity contribution in [2.75, 3.05) is 13.1 Å². The van der Waals surface area contributed by atoms with Crippen LogP contribution in [0.5, 0.6) is 5.75 Å². The monoisotopic (exact) mass is 566 g/mol. The molecule has 5 aromatic rings. The molecule has 0 aliphatic carbocycles. The van der Waals surface area contributed by atoms with Gasteiger partial charge in [0.15, 0.2) is 0 Å². The molecule has 0 amide bonds. The maximum absolute atomic E-state index is 6.43. The molecule has 0 radical (unpaired) electrons. The predicted molar refractivity (Wildman–Crippen MR) is 161 cm³/mol. The molecule has 0 saturated carbocycles. The van der Waals surface area contributed by atoms with Crippen LogP contribution in [0.2, 0.25) is 5.02 Å². The van der Waals surface area contributed by atoms with Crippen LogP contribution >= 0.6 is 11.6 Å². The van der Waals surface area contributed by atoms with Crippen LogP contribution in [0.3, 0.4) is 0 Å². The van der Waals surface area contributed by atoms with Crippen molar-refractivity contribution in [3.63, 3.8) is 0 Å². The summed E-state index contributed by atoms with van der Waals surface area (Å²) in [6.07, 6.45) is 4.71. The first kappa shape index (κ1) is 27.3. The Labute approximate surface area is 246 Å². The van der Waals surface area contributed by atoms with Crippen molar-refractivity contribution in [2.24, 2.45) is 0 Å². The number of aryl methyl sites for hydroxylation is 2. The molecule has 0 spiro atoms. The lowest BCUT2D eigenvalue weighted by atomic mass is 9.68. The molecule has 2 aromatic heterocycles. The highest BCUT2D eigenvalue weighted by Gasteiger charge is 2.40. The highest BCUT2D eigenvalue weighted by atomic mass is 35.5. The lowest BCUT2D eigenvalue weighted by molar-refractivity contribution is 0.124. The number of piperidine rings is 1. The topological polar surface area (TPSA) is 67.2 Å². The van der Waals surface area contributed by atoms with Crippen LogP contribution in [-0.2, 0) is 18.4 Å². The quantitative estimate of drug-likeness (QED) is 0.199. The van der Waals surface area contributed by atoms with Gasteiger partial charge in [0.25, 0.3) is 0 Å². The van der Waals surface area contributed by atoms with Crippen molar-refractivity contribution in [1.29, 1.82) is 0 Å². The first-order valence-corrected chi connectivity index (χ1v) is 14.6. The molecule has 1 N–H and O–H groups in total. The number of likely N-dealkylation sites (tertiary alicyclic amines) is 1. The molecular formula is C34H35ClN4O2. The molecule has 6 rings (SSSR count). The third-order valence-corrected chi connectivity index (χ3v) is 8.84. The predicted octanol–water partition coefficient (Wildman–Crippen LogP) is 7.61. The molecule has 1 fully saturated rings. The molecule has 1 aliphatic heterocycles. The number of aromatic amines is 1. The molecule has 6 nitrogen and oxygen atoms in total. The molecule has 41 heavy (non-hydrogen) atoms. The molecule has 1 atom stereocenters. The van der Waals surface area contributed by atoms with Gasteiger partial charge < -0.3 is 9.26 Å². The van der Waals surface area contributed by atoms with E-state index >= 15 is 0 Å². The van der Waals surface area contributed by atoms with E-state index in [1.54, 1.807) is 0 Å². The summed E-state index contributed by atoms with van der Waals surface area (Å²) < 4.78 is 11.7. The maximum Gasteiger partial charge on any atom is 0.140 e. The number of hydrogen-bond acceptors (Lipinski definition) is 5. The minimum absolute atomic E-state index is 0.0158. The van der Waals surface area contributed by atoms with E-state index < -0.39 is 0 Å². The van der Waals surface area contributed by atoms with Crippen molar-refractivity contribution in [1.82, 2.24) is 20.3 Å². The summed E-state index contributed by atoms with van der Waals surface area (Å²) >= 11 is 6.43. The van der Waals surface area contributed by atoms with Crippen LogP contribution in [0, 0.1) is 13.8 Å². The summed E-state index contributed by atoms with van der Waals surface area (Å²) in [6, 6.07) is 30.0. The summed E-state index contributed by atoms with van der Waals surface area (Å²) in [5.41, 5.74) is 6.69. The Bertz CT molecular complexity index is 1500. The van der Waals surface area contributed by atoms with E-state index in [2.05, 4.69) is 93.1 Å². The number of nitrogens with one attached hydrogen (secondary N) is 1. The van der Waals surface area contributed by atoms with Crippen molar-refractivity contribution in [3.05, 3.63) is 136 Å². The third kappa shape index (κ3) is 5.67. The second-order valence-corrected chi connectivity index (χ2v) is 11.3. The van der Waals surface area contributed by atoms with Crippen LogP contribution < -0.4 is 4.74 Å². The zero-order valence-electron chi connectivity index (χ0n) is 23.5. The van der Waals surface area contributed by atoms with E-state index in [1.165, 1.54) is 11.1 Å². The second kappa shape index (κ2) is 11.9. The normalized spacial score (nSPS) is 16.0. The van der Waals surface area contributed by atoms with E-state index in [9.17, 15) is 0 Å². The second-order valence-electron chi connectivity index (χ2n) is 10.9. The minimum atomic E-state index is -0.0158. The largest absolute Gasteiger partial charge is 0.488 e. The number of halogens is 1. The van der Waals surface area contributed by atoms with Gasteiger partial charge in [0, 0.05) is 16.6 Å². The Morgan fingerprint density at radius 3 is 2.22 bits per heavy atom. The molecular weight excluding hydrogens is 532 g/mol. The Hall–Kier alpha value is -3.87. The molecule has 7 heteroatoms. The Morgan fingerprint density at radius 1 is 0.951 bits per heavy atom. The Kier molecular flexibility index (Phi) is 7.95.